The fourth-order valence-electron chi connectivity index (χ4n) is 2.53. The minimum absolute atomic E-state index is 0.117. The van der Waals surface area contributed by atoms with Crippen molar-refractivity contribution in [3.8, 4) is 0 Å². The van der Waals surface area contributed by atoms with Gasteiger partial charge in [-0.3, -0.25) is 0 Å². The van der Waals surface area contributed by atoms with E-state index in [1.807, 2.05) is 55.5 Å². The Morgan fingerprint density at radius 3 is 2.48 bits per heavy atom. The largest absolute Gasteiger partial charge is 0.411 e. The molecule has 0 radical (unpaired) electrons. The molecule has 1 atom stereocenters. The van der Waals surface area contributed by atoms with E-state index in [0.717, 1.165) is 11.1 Å². The highest BCUT2D eigenvalue weighted by Gasteiger charge is 2.25. The summed E-state index contributed by atoms with van der Waals surface area (Å²) >= 11 is 0. The Hall–Kier alpha value is -2.51. The standard InChI is InChI=1S/C18H19N3O3S/c1-13-6-5-9-15(10-13)12-25(22,23)18-21-20-17(24-18)16(19)11-14-7-3-2-4-8-14/h2-10,16H,11-12,19H2,1H3/t16-/m0/s1. The van der Waals surface area contributed by atoms with Crippen molar-refractivity contribution in [3.63, 3.8) is 0 Å². The third kappa shape index (κ3) is 4.32. The molecule has 1 aromatic heterocycles. The van der Waals surface area contributed by atoms with E-state index < -0.39 is 21.1 Å². The fourth-order valence-corrected chi connectivity index (χ4v) is 3.65. The average molecular weight is 357 g/mol. The first kappa shape index (κ1) is 17.3. The van der Waals surface area contributed by atoms with E-state index in [1.54, 1.807) is 6.07 Å². The summed E-state index contributed by atoms with van der Waals surface area (Å²) in [4.78, 5) is 0. The van der Waals surface area contributed by atoms with Gasteiger partial charge < -0.3 is 10.2 Å². The van der Waals surface area contributed by atoms with Crippen molar-refractivity contribution >= 4 is 9.84 Å². The second-order valence-corrected chi connectivity index (χ2v) is 7.82. The minimum atomic E-state index is -3.71. The Morgan fingerprint density at radius 2 is 1.76 bits per heavy atom. The zero-order valence-corrected chi connectivity index (χ0v) is 14.6. The second kappa shape index (κ2) is 7.16. The topological polar surface area (TPSA) is 99.1 Å². The van der Waals surface area contributed by atoms with Gasteiger partial charge in [0.05, 0.1) is 11.8 Å². The Morgan fingerprint density at radius 1 is 1.04 bits per heavy atom. The molecule has 6 nitrogen and oxygen atoms in total. The highest BCUT2D eigenvalue weighted by molar-refractivity contribution is 7.90. The molecule has 2 N–H and O–H groups in total. The van der Waals surface area contributed by atoms with Crippen molar-refractivity contribution in [2.75, 3.05) is 0 Å². The summed E-state index contributed by atoms with van der Waals surface area (Å²) in [6.07, 6.45) is 0.487. The van der Waals surface area contributed by atoms with E-state index >= 15 is 0 Å². The van der Waals surface area contributed by atoms with E-state index in [2.05, 4.69) is 10.2 Å². The molecule has 0 aliphatic rings. The van der Waals surface area contributed by atoms with Crippen LogP contribution >= 0.6 is 0 Å². The lowest BCUT2D eigenvalue weighted by Gasteiger charge is -2.06. The Bertz CT molecular complexity index is 952. The first-order valence-corrected chi connectivity index (χ1v) is 9.50. The van der Waals surface area contributed by atoms with Crippen molar-refractivity contribution < 1.29 is 12.8 Å². The number of hydrogen-bond acceptors (Lipinski definition) is 6. The van der Waals surface area contributed by atoms with Gasteiger partial charge in [-0.1, -0.05) is 65.3 Å². The molecule has 0 saturated heterocycles. The summed E-state index contributed by atoms with van der Waals surface area (Å²) < 4.78 is 30.3. The zero-order valence-electron chi connectivity index (χ0n) is 13.8. The molecule has 1 heterocycles. The average Bonchev–Trinajstić information content (AvgIpc) is 3.06. The number of rotatable bonds is 6. The molecular weight excluding hydrogens is 338 g/mol. The van der Waals surface area contributed by atoms with Crippen molar-refractivity contribution in [1.29, 1.82) is 0 Å². The van der Waals surface area contributed by atoms with Crippen LogP contribution in [0.2, 0.25) is 0 Å². The van der Waals surface area contributed by atoms with Gasteiger partial charge in [0.15, 0.2) is 0 Å². The van der Waals surface area contributed by atoms with Crippen molar-refractivity contribution in [3.05, 3.63) is 77.2 Å². The van der Waals surface area contributed by atoms with Crippen LogP contribution in [0, 0.1) is 6.92 Å². The molecule has 0 aliphatic heterocycles. The molecule has 130 valence electrons. The molecule has 0 spiro atoms. The van der Waals surface area contributed by atoms with Crippen molar-refractivity contribution in [2.24, 2.45) is 5.73 Å². The van der Waals surface area contributed by atoms with Crippen LogP contribution in [0.5, 0.6) is 0 Å². The zero-order chi connectivity index (χ0) is 17.9. The van der Waals surface area contributed by atoms with Gasteiger partial charge in [0.25, 0.3) is 0 Å². The van der Waals surface area contributed by atoms with Crippen LogP contribution in [-0.2, 0) is 22.0 Å². The number of nitrogens with zero attached hydrogens (tertiary/aromatic N) is 2. The maximum Gasteiger partial charge on any atom is 0.335 e. The normalized spacial score (nSPS) is 12.9. The summed E-state index contributed by atoms with van der Waals surface area (Å²) in [5.74, 6) is -0.0730. The number of benzene rings is 2. The van der Waals surface area contributed by atoms with Gasteiger partial charge in [0.2, 0.25) is 15.7 Å². The van der Waals surface area contributed by atoms with E-state index in [-0.39, 0.29) is 11.6 Å². The minimum Gasteiger partial charge on any atom is -0.411 e. The third-order valence-corrected chi connectivity index (χ3v) is 5.15. The van der Waals surface area contributed by atoms with E-state index in [4.69, 9.17) is 10.2 Å². The highest BCUT2D eigenvalue weighted by atomic mass is 32.2. The lowest BCUT2D eigenvalue weighted by Crippen LogP contribution is -2.13. The van der Waals surface area contributed by atoms with Gasteiger partial charge in [-0.2, -0.15) is 0 Å². The first-order chi connectivity index (χ1) is 11.9. The van der Waals surface area contributed by atoms with Crippen molar-refractivity contribution in [2.45, 2.75) is 30.4 Å². The summed E-state index contributed by atoms with van der Waals surface area (Å²) in [6.45, 7) is 1.91. The lowest BCUT2D eigenvalue weighted by molar-refractivity contribution is 0.372. The molecule has 0 unspecified atom stereocenters. The predicted octanol–water partition coefficient (Wildman–Crippen LogP) is 2.59. The van der Waals surface area contributed by atoms with Gasteiger partial charge in [-0.25, -0.2) is 8.42 Å². The highest BCUT2D eigenvalue weighted by Crippen LogP contribution is 2.20. The molecule has 2 aromatic carbocycles. The number of hydrogen-bond donors (Lipinski definition) is 1. The molecule has 0 amide bonds. The molecule has 3 aromatic rings. The Balaban J connectivity index is 1.75. The summed E-state index contributed by atoms with van der Waals surface area (Å²) in [5.41, 5.74) is 8.74. The van der Waals surface area contributed by atoms with Gasteiger partial charge in [0, 0.05) is 0 Å². The van der Waals surface area contributed by atoms with Crippen LogP contribution in [0.4, 0.5) is 0 Å². The number of nitrogens with two attached hydrogens (primary N) is 1. The van der Waals surface area contributed by atoms with Gasteiger partial charge in [-0.05, 0) is 24.5 Å². The number of sulfone groups is 1. The molecule has 0 saturated carbocycles. The fraction of sp³-hybridized carbons (Fsp3) is 0.222. The maximum atomic E-state index is 12.5. The molecule has 0 bridgehead atoms. The van der Waals surface area contributed by atoms with Gasteiger partial charge >= 0.3 is 5.22 Å². The van der Waals surface area contributed by atoms with Crippen molar-refractivity contribution in [1.82, 2.24) is 10.2 Å². The predicted molar refractivity (Wildman–Crippen MR) is 93.4 cm³/mol. The smallest absolute Gasteiger partial charge is 0.335 e. The van der Waals surface area contributed by atoms with Gasteiger partial charge in [0.1, 0.15) is 0 Å². The van der Waals surface area contributed by atoms with Crippen LogP contribution in [-0.4, -0.2) is 18.6 Å². The van der Waals surface area contributed by atoms with Crippen LogP contribution in [0.1, 0.15) is 28.6 Å². The van der Waals surface area contributed by atoms with E-state index in [9.17, 15) is 8.42 Å². The van der Waals surface area contributed by atoms with Crippen LogP contribution in [0.3, 0.4) is 0 Å². The van der Waals surface area contributed by atoms with Gasteiger partial charge in [-0.15, -0.1) is 5.10 Å². The third-order valence-electron chi connectivity index (χ3n) is 3.74. The molecular formula is C18H19N3O3S. The summed E-state index contributed by atoms with van der Waals surface area (Å²) in [5, 5.41) is 7.11. The lowest BCUT2D eigenvalue weighted by atomic mass is 10.1. The molecule has 7 heteroatoms. The number of aromatic nitrogens is 2. The summed E-state index contributed by atoms with van der Waals surface area (Å²) in [6, 6.07) is 16.3. The first-order valence-electron chi connectivity index (χ1n) is 7.85. The molecule has 0 fully saturated rings. The monoisotopic (exact) mass is 357 g/mol. The molecule has 25 heavy (non-hydrogen) atoms. The SMILES string of the molecule is Cc1cccc(CS(=O)(=O)c2nnc([C@@H](N)Cc3ccccc3)o2)c1. The van der Waals surface area contributed by atoms with Crippen LogP contribution in [0.25, 0.3) is 0 Å². The Labute approximate surface area is 146 Å². The summed E-state index contributed by atoms with van der Waals surface area (Å²) in [7, 11) is -3.71. The van der Waals surface area contributed by atoms with E-state index in [0.29, 0.717) is 12.0 Å². The Kier molecular flexibility index (Phi) is 4.96. The van der Waals surface area contributed by atoms with Crippen LogP contribution in [0.15, 0.2) is 64.2 Å². The quantitative estimate of drug-likeness (QED) is 0.728. The maximum absolute atomic E-state index is 12.5. The van der Waals surface area contributed by atoms with Crippen LogP contribution < -0.4 is 5.73 Å². The molecule has 0 aliphatic carbocycles. The molecule has 3 rings (SSSR count). The van der Waals surface area contributed by atoms with E-state index in [1.165, 1.54) is 0 Å². The second-order valence-electron chi connectivity index (χ2n) is 5.95. The number of aryl methyl sites for hydroxylation is 1.